The van der Waals surface area contributed by atoms with Crippen LogP contribution in [0.2, 0.25) is 0 Å². The van der Waals surface area contributed by atoms with Crippen molar-refractivity contribution in [3.8, 4) is 11.8 Å². The largest absolute Gasteiger partial charge is 0.465 e. The lowest BCUT2D eigenvalue weighted by atomic mass is 10.1. The predicted molar refractivity (Wildman–Crippen MR) is 102 cm³/mol. The van der Waals surface area contributed by atoms with Crippen LogP contribution in [0.4, 0.5) is 10.5 Å². The van der Waals surface area contributed by atoms with Gasteiger partial charge in [0.05, 0.1) is 12.7 Å². The molecule has 0 heterocycles. The van der Waals surface area contributed by atoms with E-state index in [1.807, 2.05) is 32.0 Å². The fourth-order valence-corrected chi connectivity index (χ4v) is 2.15. The first kappa shape index (κ1) is 19.1. The normalized spacial score (nSPS) is 10.9. The predicted octanol–water partition coefficient (Wildman–Crippen LogP) is 3.79. The van der Waals surface area contributed by atoms with Gasteiger partial charge in [-0.3, -0.25) is 0 Å². The van der Waals surface area contributed by atoms with Gasteiger partial charge >= 0.3 is 12.0 Å². The number of anilines is 1. The summed E-state index contributed by atoms with van der Waals surface area (Å²) in [5, 5.41) is 5.65. The number of esters is 1. The first-order valence-electron chi connectivity index (χ1n) is 8.39. The molecule has 2 rings (SSSR count). The van der Waals surface area contributed by atoms with Crippen molar-refractivity contribution in [1.82, 2.24) is 5.32 Å². The van der Waals surface area contributed by atoms with E-state index in [-0.39, 0.29) is 12.1 Å². The monoisotopic (exact) mass is 350 g/mol. The van der Waals surface area contributed by atoms with E-state index in [9.17, 15) is 9.59 Å². The molecule has 0 unspecified atom stereocenters. The number of rotatable bonds is 4. The van der Waals surface area contributed by atoms with Gasteiger partial charge in [-0.1, -0.05) is 30.9 Å². The molecular weight excluding hydrogens is 328 g/mol. The van der Waals surface area contributed by atoms with Crippen molar-refractivity contribution in [2.45, 2.75) is 26.3 Å². The lowest BCUT2D eigenvalue weighted by molar-refractivity contribution is 0.0600. The Morgan fingerprint density at radius 1 is 1.08 bits per heavy atom. The van der Waals surface area contributed by atoms with Crippen LogP contribution in [0.15, 0.2) is 48.5 Å². The molecule has 0 saturated carbocycles. The molecule has 0 spiro atoms. The van der Waals surface area contributed by atoms with E-state index in [0.29, 0.717) is 16.8 Å². The lowest BCUT2D eigenvalue weighted by Crippen LogP contribution is -2.35. The molecule has 0 aliphatic rings. The maximum atomic E-state index is 11.9. The van der Waals surface area contributed by atoms with Gasteiger partial charge in [-0.05, 0) is 49.7 Å². The van der Waals surface area contributed by atoms with Crippen molar-refractivity contribution in [3.05, 3.63) is 65.2 Å². The zero-order chi connectivity index (χ0) is 18.9. The molecule has 2 aromatic rings. The highest BCUT2D eigenvalue weighted by molar-refractivity contribution is 5.90. The third-order valence-corrected chi connectivity index (χ3v) is 3.75. The fraction of sp³-hybridized carbons (Fsp3) is 0.238. The van der Waals surface area contributed by atoms with Crippen LogP contribution in [0.25, 0.3) is 0 Å². The van der Waals surface area contributed by atoms with Crippen LogP contribution in [0.3, 0.4) is 0 Å². The molecule has 0 radical (unpaired) electrons. The van der Waals surface area contributed by atoms with Crippen LogP contribution in [-0.4, -0.2) is 25.2 Å². The lowest BCUT2D eigenvalue weighted by Gasteiger charge is -2.12. The molecule has 0 bridgehead atoms. The Balaban J connectivity index is 2.11. The van der Waals surface area contributed by atoms with Gasteiger partial charge in [0.1, 0.15) is 0 Å². The molecule has 0 fully saturated rings. The summed E-state index contributed by atoms with van der Waals surface area (Å²) in [6, 6.07) is 14.1. The summed E-state index contributed by atoms with van der Waals surface area (Å²) >= 11 is 0. The first-order valence-corrected chi connectivity index (χ1v) is 8.39. The average molecular weight is 350 g/mol. The molecule has 26 heavy (non-hydrogen) atoms. The van der Waals surface area contributed by atoms with E-state index in [4.69, 9.17) is 4.74 Å². The van der Waals surface area contributed by atoms with Crippen LogP contribution in [0, 0.1) is 11.8 Å². The number of benzene rings is 2. The minimum absolute atomic E-state index is 0.111. The van der Waals surface area contributed by atoms with Crippen molar-refractivity contribution < 1.29 is 14.3 Å². The van der Waals surface area contributed by atoms with Gasteiger partial charge in [0, 0.05) is 22.9 Å². The van der Waals surface area contributed by atoms with Crippen molar-refractivity contribution in [1.29, 1.82) is 0 Å². The van der Waals surface area contributed by atoms with Gasteiger partial charge < -0.3 is 15.4 Å². The molecule has 5 heteroatoms. The summed E-state index contributed by atoms with van der Waals surface area (Å²) < 4.78 is 4.71. The number of hydrogen-bond donors (Lipinski definition) is 2. The SMILES string of the molecule is CC[C@@H](C)NC(=O)Nc1cccc(C#Cc2cccc(C(=O)OC)c2)c1. The summed E-state index contributed by atoms with van der Waals surface area (Å²) in [5.74, 6) is 5.66. The van der Waals surface area contributed by atoms with Gasteiger partial charge in [0.15, 0.2) is 0 Å². The van der Waals surface area contributed by atoms with Crippen molar-refractivity contribution in [2.24, 2.45) is 0 Å². The molecule has 2 aromatic carbocycles. The number of urea groups is 1. The van der Waals surface area contributed by atoms with E-state index >= 15 is 0 Å². The van der Waals surface area contributed by atoms with E-state index < -0.39 is 5.97 Å². The maximum absolute atomic E-state index is 11.9. The van der Waals surface area contributed by atoms with E-state index in [1.165, 1.54) is 7.11 Å². The molecular formula is C21H22N2O3. The molecule has 0 aliphatic carbocycles. The Labute approximate surface area is 153 Å². The molecule has 1 atom stereocenters. The Bertz CT molecular complexity index is 850. The molecule has 2 amide bonds. The van der Waals surface area contributed by atoms with Crippen LogP contribution < -0.4 is 10.6 Å². The van der Waals surface area contributed by atoms with Crippen LogP contribution >= 0.6 is 0 Å². The zero-order valence-corrected chi connectivity index (χ0v) is 15.1. The summed E-state index contributed by atoms with van der Waals surface area (Å²) in [7, 11) is 1.34. The van der Waals surface area contributed by atoms with Gasteiger partial charge in [0.2, 0.25) is 0 Å². The fourth-order valence-electron chi connectivity index (χ4n) is 2.15. The maximum Gasteiger partial charge on any atom is 0.337 e. The Hall–Kier alpha value is -3.26. The molecule has 0 aromatic heterocycles. The summed E-state index contributed by atoms with van der Waals surface area (Å²) in [5.41, 5.74) is 2.59. The standard InChI is InChI=1S/C21H22N2O3/c1-4-15(2)22-21(25)23-19-10-6-8-17(14-19)12-11-16-7-5-9-18(13-16)20(24)26-3/h5-10,13-15H,4H2,1-3H3,(H2,22,23,25)/t15-/m1/s1. The quantitative estimate of drug-likeness (QED) is 0.651. The number of carbonyl (C=O) groups excluding carboxylic acids is 2. The number of methoxy groups -OCH3 is 1. The van der Waals surface area contributed by atoms with Gasteiger partial charge in [0.25, 0.3) is 0 Å². The van der Waals surface area contributed by atoms with Crippen LogP contribution in [-0.2, 0) is 4.74 Å². The summed E-state index contributed by atoms with van der Waals surface area (Å²) in [4.78, 5) is 23.5. The minimum Gasteiger partial charge on any atom is -0.465 e. The second kappa shape index (κ2) is 9.28. The number of hydrogen-bond acceptors (Lipinski definition) is 3. The summed E-state index contributed by atoms with van der Waals surface area (Å²) in [6.45, 7) is 3.96. The van der Waals surface area contributed by atoms with Crippen LogP contribution in [0.5, 0.6) is 0 Å². The van der Waals surface area contributed by atoms with Crippen LogP contribution in [0.1, 0.15) is 41.8 Å². The van der Waals surface area contributed by atoms with Gasteiger partial charge in [-0.25, -0.2) is 9.59 Å². The second-order valence-corrected chi connectivity index (χ2v) is 5.81. The van der Waals surface area contributed by atoms with Gasteiger partial charge in [-0.2, -0.15) is 0 Å². The number of carbonyl (C=O) groups is 2. The number of nitrogens with one attached hydrogen (secondary N) is 2. The highest BCUT2D eigenvalue weighted by atomic mass is 16.5. The highest BCUT2D eigenvalue weighted by Crippen LogP contribution is 2.11. The average Bonchev–Trinajstić information content (AvgIpc) is 2.66. The molecule has 0 saturated heterocycles. The van der Waals surface area contributed by atoms with E-state index in [0.717, 1.165) is 12.0 Å². The molecule has 134 valence electrons. The topological polar surface area (TPSA) is 67.4 Å². The smallest absolute Gasteiger partial charge is 0.337 e. The first-order chi connectivity index (χ1) is 12.5. The van der Waals surface area contributed by atoms with E-state index in [1.54, 1.807) is 30.3 Å². The van der Waals surface area contributed by atoms with Crippen molar-refractivity contribution in [3.63, 3.8) is 0 Å². The zero-order valence-electron chi connectivity index (χ0n) is 15.1. The Morgan fingerprint density at radius 3 is 2.38 bits per heavy atom. The molecule has 0 aliphatic heterocycles. The Kier molecular flexibility index (Phi) is 6.81. The molecule has 2 N–H and O–H groups in total. The van der Waals surface area contributed by atoms with Crippen molar-refractivity contribution in [2.75, 3.05) is 12.4 Å². The number of amides is 2. The minimum atomic E-state index is -0.396. The third-order valence-electron chi connectivity index (χ3n) is 3.75. The Morgan fingerprint density at radius 2 is 1.73 bits per heavy atom. The third kappa shape index (κ3) is 5.67. The highest BCUT2D eigenvalue weighted by Gasteiger charge is 2.06. The van der Waals surface area contributed by atoms with Crippen molar-refractivity contribution >= 4 is 17.7 Å². The summed E-state index contributed by atoms with van der Waals surface area (Å²) in [6.07, 6.45) is 0.865. The van der Waals surface area contributed by atoms with E-state index in [2.05, 4.69) is 22.5 Å². The number of ether oxygens (including phenoxy) is 1. The molecule has 5 nitrogen and oxygen atoms in total. The second-order valence-electron chi connectivity index (χ2n) is 5.81. The van der Waals surface area contributed by atoms with Gasteiger partial charge in [-0.15, -0.1) is 0 Å².